The summed E-state index contributed by atoms with van der Waals surface area (Å²) in [5, 5.41) is 8.72. The fourth-order valence-corrected chi connectivity index (χ4v) is 3.39. The molecule has 0 saturated carbocycles. The van der Waals surface area contributed by atoms with Crippen molar-refractivity contribution in [2.75, 3.05) is 18.0 Å². The highest BCUT2D eigenvalue weighted by Gasteiger charge is 2.29. The molecule has 5 rings (SSSR count). The highest BCUT2D eigenvalue weighted by atomic mass is 16.1. The minimum absolute atomic E-state index is 0.0956. The van der Waals surface area contributed by atoms with Crippen LogP contribution in [0.5, 0.6) is 0 Å². The summed E-state index contributed by atoms with van der Waals surface area (Å²) in [6, 6.07) is 8.93. The van der Waals surface area contributed by atoms with Crippen molar-refractivity contribution in [3.05, 3.63) is 77.9 Å². The topological polar surface area (TPSA) is 94.6 Å². The Morgan fingerprint density at radius 1 is 0.966 bits per heavy atom. The van der Waals surface area contributed by atoms with Gasteiger partial charge in [0.25, 0.3) is 5.56 Å². The number of pyridine rings is 1. The van der Waals surface area contributed by atoms with Crippen molar-refractivity contribution in [3.63, 3.8) is 0 Å². The van der Waals surface area contributed by atoms with Crippen LogP contribution in [-0.2, 0) is 6.54 Å². The second-order valence-corrected chi connectivity index (χ2v) is 6.93. The molecule has 0 bridgehead atoms. The summed E-state index contributed by atoms with van der Waals surface area (Å²) in [6.07, 6.45) is 10.4. The highest BCUT2D eigenvalue weighted by molar-refractivity contribution is 5.57. The van der Waals surface area contributed by atoms with E-state index < -0.39 is 0 Å². The molecule has 9 nitrogen and oxygen atoms in total. The Hall–Kier alpha value is -3.88. The molecule has 1 aliphatic heterocycles. The van der Waals surface area contributed by atoms with Crippen molar-refractivity contribution in [2.45, 2.75) is 6.54 Å². The van der Waals surface area contributed by atoms with Gasteiger partial charge in [0.15, 0.2) is 5.82 Å². The van der Waals surface area contributed by atoms with Crippen LogP contribution in [0.25, 0.3) is 17.1 Å². The minimum atomic E-state index is -0.0956. The van der Waals surface area contributed by atoms with Gasteiger partial charge in [-0.05, 0) is 24.3 Å². The smallest absolute Gasteiger partial charge is 0.266 e. The molecule has 0 spiro atoms. The van der Waals surface area contributed by atoms with Crippen molar-refractivity contribution >= 4 is 5.82 Å². The molecule has 1 saturated heterocycles. The lowest BCUT2D eigenvalue weighted by molar-refractivity contribution is 0.333. The number of nitrogens with zero attached hydrogens (tertiary/aromatic N) is 8. The molecule has 5 heterocycles. The van der Waals surface area contributed by atoms with Crippen molar-refractivity contribution in [2.24, 2.45) is 5.92 Å². The fraction of sp³-hybridized carbons (Fsp3) is 0.200. The van der Waals surface area contributed by atoms with Gasteiger partial charge < -0.3 is 4.90 Å². The fourth-order valence-electron chi connectivity index (χ4n) is 3.39. The lowest BCUT2D eigenvalue weighted by atomic mass is 10.0. The minimum Gasteiger partial charge on any atom is -0.354 e. The Bertz CT molecular complexity index is 1170. The van der Waals surface area contributed by atoms with E-state index in [4.69, 9.17) is 0 Å². The monoisotopic (exact) mass is 386 g/mol. The van der Waals surface area contributed by atoms with Crippen LogP contribution in [0.1, 0.15) is 0 Å². The number of rotatable bonds is 5. The van der Waals surface area contributed by atoms with Crippen LogP contribution in [0.2, 0.25) is 0 Å². The van der Waals surface area contributed by atoms with Crippen LogP contribution >= 0.6 is 0 Å². The average molecular weight is 386 g/mol. The van der Waals surface area contributed by atoms with Crippen LogP contribution in [0.4, 0.5) is 5.82 Å². The van der Waals surface area contributed by atoms with E-state index in [1.807, 2.05) is 24.4 Å². The summed E-state index contributed by atoms with van der Waals surface area (Å²) >= 11 is 0. The van der Waals surface area contributed by atoms with Crippen molar-refractivity contribution in [1.29, 1.82) is 0 Å². The number of hydrogen-bond acceptors (Lipinski definition) is 7. The Labute approximate surface area is 166 Å². The summed E-state index contributed by atoms with van der Waals surface area (Å²) in [5.74, 6) is 1.81. The Morgan fingerprint density at radius 3 is 2.59 bits per heavy atom. The van der Waals surface area contributed by atoms with Gasteiger partial charge >= 0.3 is 0 Å². The van der Waals surface area contributed by atoms with Gasteiger partial charge in [-0.3, -0.25) is 14.8 Å². The Balaban J connectivity index is 1.28. The molecule has 0 unspecified atom stereocenters. The maximum absolute atomic E-state index is 12.2. The first kappa shape index (κ1) is 17.2. The zero-order chi connectivity index (χ0) is 19.6. The third kappa shape index (κ3) is 3.49. The molecule has 1 fully saturated rings. The first-order valence-electron chi connectivity index (χ1n) is 9.32. The normalized spacial score (nSPS) is 14.0. The van der Waals surface area contributed by atoms with Crippen molar-refractivity contribution < 1.29 is 0 Å². The van der Waals surface area contributed by atoms with E-state index >= 15 is 0 Å². The van der Waals surface area contributed by atoms with E-state index in [-0.39, 0.29) is 5.56 Å². The lowest BCUT2D eigenvalue weighted by Crippen LogP contribution is -2.50. The third-order valence-electron chi connectivity index (χ3n) is 4.90. The van der Waals surface area contributed by atoms with Gasteiger partial charge in [-0.1, -0.05) is 0 Å². The summed E-state index contributed by atoms with van der Waals surface area (Å²) in [7, 11) is 0. The third-order valence-corrected chi connectivity index (χ3v) is 4.90. The standard InChI is InChI=1S/C20H18N8O/c29-20-3-2-17(16-4-7-21-8-5-16)25-28(20)14-15-12-26(13-15)18-10-22-11-19(24-18)27-9-1-6-23-27/h1-11,15H,12-14H2. The zero-order valence-corrected chi connectivity index (χ0v) is 15.5. The molecule has 144 valence electrons. The molecule has 9 heteroatoms. The van der Waals surface area contributed by atoms with Gasteiger partial charge in [-0.2, -0.15) is 10.2 Å². The zero-order valence-electron chi connectivity index (χ0n) is 15.5. The van der Waals surface area contributed by atoms with E-state index in [9.17, 15) is 4.79 Å². The molecule has 0 N–H and O–H groups in total. The molecule has 4 aromatic heterocycles. The first-order chi connectivity index (χ1) is 14.3. The second-order valence-electron chi connectivity index (χ2n) is 6.93. The van der Waals surface area contributed by atoms with E-state index in [1.165, 1.54) is 0 Å². The summed E-state index contributed by atoms with van der Waals surface area (Å²) < 4.78 is 3.23. The maximum atomic E-state index is 12.2. The largest absolute Gasteiger partial charge is 0.354 e. The second kappa shape index (κ2) is 7.27. The van der Waals surface area contributed by atoms with Crippen molar-refractivity contribution in [3.8, 4) is 17.1 Å². The molecule has 0 aromatic carbocycles. The molecule has 0 amide bonds. The van der Waals surface area contributed by atoms with Gasteiger partial charge in [0, 0.05) is 55.4 Å². The maximum Gasteiger partial charge on any atom is 0.266 e. The predicted octanol–water partition coefficient (Wildman–Crippen LogP) is 1.42. The number of anilines is 1. The molecular weight excluding hydrogens is 368 g/mol. The van der Waals surface area contributed by atoms with E-state index in [2.05, 4.69) is 30.0 Å². The molecule has 1 aliphatic rings. The Morgan fingerprint density at radius 2 is 1.79 bits per heavy atom. The van der Waals surface area contributed by atoms with Gasteiger partial charge in [0.05, 0.1) is 24.6 Å². The SMILES string of the molecule is O=c1ccc(-c2ccncc2)nn1CC1CN(c2cncc(-n3cccn3)n2)C1. The van der Waals surface area contributed by atoms with Crippen LogP contribution < -0.4 is 10.5 Å². The number of hydrogen-bond donors (Lipinski definition) is 0. The molecule has 4 aromatic rings. The van der Waals surface area contributed by atoms with E-state index in [0.717, 1.165) is 30.2 Å². The average Bonchev–Trinajstić information content (AvgIpc) is 3.27. The molecule has 0 atom stereocenters. The lowest BCUT2D eigenvalue weighted by Gasteiger charge is -2.40. The molecular formula is C20H18N8O. The van der Waals surface area contributed by atoms with Gasteiger partial charge in [0.1, 0.15) is 5.82 Å². The summed E-state index contributed by atoms with van der Waals surface area (Å²) in [6.45, 7) is 2.16. The highest BCUT2D eigenvalue weighted by Crippen LogP contribution is 2.24. The van der Waals surface area contributed by atoms with E-state index in [0.29, 0.717) is 18.3 Å². The predicted molar refractivity (Wildman–Crippen MR) is 107 cm³/mol. The molecule has 0 radical (unpaired) electrons. The van der Waals surface area contributed by atoms with Crippen LogP contribution in [-0.4, -0.2) is 47.6 Å². The van der Waals surface area contributed by atoms with Crippen LogP contribution in [0.3, 0.4) is 0 Å². The van der Waals surface area contributed by atoms with Crippen LogP contribution in [0, 0.1) is 5.92 Å². The Kier molecular flexibility index (Phi) is 4.32. The van der Waals surface area contributed by atoms with Gasteiger partial charge in [-0.25, -0.2) is 14.3 Å². The summed E-state index contributed by atoms with van der Waals surface area (Å²) in [4.78, 5) is 27.3. The quantitative estimate of drug-likeness (QED) is 0.512. The molecule has 0 aliphatic carbocycles. The number of aromatic nitrogens is 7. The van der Waals surface area contributed by atoms with Gasteiger partial charge in [-0.15, -0.1) is 0 Å². The van der Waals surface area contributed by atoms with Crippen LogP contribution in [0.15, 0.2) is 72.3 Å². The molecule has 29 heavy (non-hydrogen) atoms. The van der Waals surface area contributed by atoms with Crippen molar-refractivity contribution in [1.82, 2.24) is 34.5 Å². The summed E-state index contributed by atoms with van der Waals surface area (Å²) in [5.41, 5.74) is 1.61. The van der Waals surface area contributed by atoms with E-state index in [1.54, 1.807) is 52.5 Å². The first-order valence-corrected chi connectivity index (χ1v) is 9.32. The van der Waals surface area contributed by atoms with Gasteiger partial charge in [0.2, 0.25) is 0 Å².